The van der Waals surface area contributed by atoms with Gasteiger partial charge in [0.25, 0.3) is 0 Å². The number of hydrogen-bond donors (Lipinski definition) is 2. The second-order valence-corrected chi connectivity index (χ2v) is 5.69. The van der Waals surface area contributed by atoms with Crippen molar-refractivity contribution in [2.75, 3.05) is 6.54 Å². The molecule has 0 aromatic carbocycles. The van der Waals surface area contributed by atoms with Crippen LogP contribution in [0.25, 0.3) is 0 Å². The molecule has 2 N–H and O–H groups in total. The van der Waals surface area contributed by atoms with E-state index < -0.39 is 0 Å². The van der Waals surface area contributed by atoms with Gasteiger partial charge in [0.1, 0.15) is 0 Å². The van der Waals surface area contributed by atoms with Gasteiger partial charge in [0.15, 0.2) is 11.7 Å². The van der Waals surface area contributed by atoms with Gasteiger partial charge in [-0.05, 0) is 31.4 Å². The summed E-state index contributed by atoms with van der Waals surface area (Å²) in [6.07, 6.45) is 1.79. The van der Waals surface area contributed by atoms with E-state index in [4.69, 9.17) is 4.52 Å². The first kappa shape index (κ1) is 20.4. The number of guanidine groups is 1. The maximum Gasteiger partial charge on any atom is 0.192 e. The standard InChI is InChI=1S/C17H25N5O.HI/c1-5-18-17(21-11-16-13(4)7-6-8-19-16)20-10-14-9-15(12(2)3)22-23-14;/h6-9,12H,5,10-11H2,1-4H3,(H2,18,20,21);1H. The summed E-state index contributed by atoms with van der Waals surface area (Å²) in [6.45, 7) is 10.1. The zero-order valence-corrected chi connectivity index (χ0v) is 17.0. The molecule has 2 aromatic heterocycles. The molecule has 0 aliphatic rings. The largest absolute Gasteiger partial charge is 0.359 e. The molecule has 6 nitrogen and oxygen atoms in total. The van der Waals surface area contributed by atoms with Crippen LogP contribution in [0, 0.1) is 6.92 Å². The normalized spacial score (nSPS) is 11.3. The van der Waals surface area contributed by atoms with Crippen molar-refractivity contribution in [3.63, 3.8) is 0 Å². The van der Waals surface area contributed by atoms with Crippen LogP contribution in [0.15, 0.2) is 33.9 Å². The van der Waals surface area contributed by atoms with Gasteiger partial charge in [0.2, 0.25) is 0 Å². The molecule has 0 aliphatic carbocycles. The molecule has 0 spiro atoms. The molecule has 0 saturated heterocycles. The lowest BCUT2D eigenvalue weighted by Crippen LogP contribution is -2.36. The van der Waals surface area contributed by atoms with E-state index >= 15 is 0 Å². The van der Waals surface area contributed by atoms with Crippen LogP contribution >= 0.6 is 24.0 Å². The highest BCUT2D eigenvalue weighted by Crippen LogP contribution is 2.13. The van der Waals surface area contributed by atoms with Gasteiger partial charge in [-0.15, -0.1) is 24.0 Å². The lowest BCUT2D eigenvalue weighted by atomic mass is 10.1. The summed E-state index contributed by atoms with van der Waals surface area (Å²) in [4.78, 5) is 8.93. The summed E-state index contributed by atoms with van der Waals surface area (Å²) < 4.78 is 5.33. The molecule has 24 heavy (non-hydrogen) atoms. The van der Waals surface area contributed by atoms with Gasteiger partial charge in [-0.3, -0.25) is 4.98 Å². The van der Waals surface area contributed by atoms with Crippen molar-refractivity contribution >= 4 is 29.9 Å². The topological polar surface area (TPSA) is 75.3 Å². The highest BCUT2D eigenvalue weighted by molar-refractivity contribution is 14.0. The Labute approximate surface area is 160 Å². The number of aliphatic imine (C=N–C) groups is 1. The van der Waals surface area contributed by atoms with Crippen LogP contribution in [-0.2, 0) is 13.1 Å². The SMILES string of the molecule is CCNC(=NCc1ncccc1C)NCc1cc(C(C)C)no1.I. The van der Waals surface area contributed by atoms with Gasteiger partial charge < -0.3 is 15.2 Å². The fourth-order valence-corrected chi connectivity index (χ4v) is 2.03. The van der Waals surface area contributed by atoms with Crippen molar-refractivity contribution in [3.05, 3.63) is 47.1 Å². The first-order valence-corrected chi connectivity index (χ1v) is 7.98. The molecule has 2 aromatic rings. The van der Waals surface area contributed by atoms with Crippen molar-refractivity contribution in [1.29, 1.82) is 0 Å². The number of nitrogens with one attached hydrogen (secondary N) is 2. The van der Waals surface area contributed by atoms with Crippen LogP contribution in [0.3, 0.4) is 0 Å². The first-order valence-electron chi connectivity index (χ1n) is 7.98. The molecule has 0 unspecified atom stereocenters. The number of rotatable bonds is 6. The maximum absolute atomic E-state index is 5.33. The first-order chi connectivity index (χ1) is 11.1. The Balaban J connectivity index is 0.00000288. The molecule has 0 atom stereocenters. The molecule has 0 amide bonds. The minimum absolute atomic E-state index is 0. The van der Waals surface area contributed by atoms with Gasteiger partial charge in [-0.2, -0.15) is 0 Å². The van der Waals surface area contributed by atoms with Crippen LogP contribution in [0.2, 0.25) is 0 Å². The summed E-state index contributed by atoms with van der Waals surface area (Å²) in [5.41, 5.74) is 3.09. The summed E-state index contributed by atoms with van der Waals surface area (Å²) in [6, 6.07) is 5.95. The molecule has 7 heteroatoms. The Morgan fingerprint density at radius 1 is 1.33 bits per heavy atom. The quantitative estimate of drug-likeness (QED) is 0.407. The number of nitrogens with zero attached hydrogens (tertiary/aromatic N) is 3. The Morgan fingerprint density at radius 3 is 2.75 bits per heavy atom. The van der Waals surface area contributed by atoms with Crippen molar-refractivity contribution in [2.45, 2.75) is 46.7 Å². The molecular weight excluding hydrogens is 417 g/mol. The lowest BCUT2D eigenvalue weighted by Gasteiger charge is -2.10. The third kappa shape index (κ3) is 6.10. The monoisotopic (exact) mass is 443 g/mol. The Kier molecular flexibility index (Phi) is 8.73. The summed E-state index contributed by atoms with van der Waals surface area (Å²) in [5.74, 6) is 1.90. The molecule has 0 radical (unpaired) electrons. The van der Waals surface area contributed by atoms with E-state index in [-0.39, 0.29) is 24.0 Å². The van der Waals surface area contributed by atoms with Crippen LogP contribution in [-0.4, -0.2) is 22.6 Å². The predicted molar refractivity (Wildman–Crippen MR) is 107 cm³/mol. The summed E-state index contributed by atoms with van der Waals surface area (Å²) >= 11 is 0. The van der Waals surface area contributed by atoms with Gasteiger partial charge in [0.05, 0.1) is 24.5 Å². The van der Waals surface area contributed by atoms with Crippen molar-refractivity contribution < 1.29 is 4.52 Å². The zero-order chi connectivity index (χ0) is 16.7. The Hall–Kier alpha value is -1.64. The molecule has 0 fully saturated rings. The summed E-state index contributed by atoms with van der Waals surface area (Å²) in [5, 5.41) is 10.5. The molecule has 2 heterocycles. The number of pyridine rings is 1. The Morgan fingerprint density at radius 2 is 2.12 bits per heavy atom. The fraction of sp³-hybridized carbons (Fsp3) is 0.471. The highest BCUT2D eigenvalue weighted by atomic mass is 127. The van der Waals surface area contributed by atoms with Crippen molar-refractivity contribution in [2.24, 2.45) is 4.99 Å². The molecule has 0 saturated carbocycles. The third-order valence-corrected chi connectivity index (χ3v) is 3.45. The van der Waals surface area contributed by atoms with Crippen molar-refractivity contribution in [1.82, 2.24) is 20.8 Å². The summed E-state index contributed by atoms with van der Waals surface area (Å²) in [7, 11) is 0. The second-order valence-electron chi connectivity index (χ2n) is 5.69. The van der Waals surface area contributed by atoms with Crippen LogP contribution < -0.4 is 10.6 Å². The minimum atomic E-state index is 0. The molecule has 0 aliphatic heterocycles. The van der Waals surface area contributed by atoms with Crippen LogP contribution in [0.4, 0.5) is 0 Å². The van der Waals surface area contributed by atoms with E-state index in [2.05, 4.69) is 39.6 Å². The van der Waals surface area contributed by atoms with Gasteiger partial charge in [-0.1, -0.05) is 25.1 Å². The van der Waals surface area contributed by atoms with E-state index in [1.54, 1.807) is 6.20 Å². The van der Waals surface area contributed by atoms with E-state index in [1.807, 2.05) is 32.0 Å². The van der Waals surface area contributed by atoms with Crippen LogP contribution in [0.1, 0.15) is 49.4 Å². The smallest absolute Gasteiger partial charge is 0.192 e. The van der Waals surface area contributed by atoms with E-state index in [0.29, 0.717) is 19.0 Å². The van der Waals surface area contributed by atoms with E-state index in [9.17, 15) is 0 Å². The number of hydrogen-bond acceptors (Lipinski definition) is 4. The van der Waals surface area contributed by atoms with Gasteiger partial charge in [-0.25, -0.2) is 4.99 Å². The Bertz CT molecular complexity index is 654. The second kappa shape index (κ2) is 10.3. The molecular formula is C17H26IN5O. The van der Waals surface area contributed by atoms with E-state index in [0.717, 1.165) is 35.2 Å². The predicted octanol–water partition coefficient (Wildman–Crippen LogP) is 3.37. The average Bonchev–Trinajstić information content (AvgIpc) is 3.00. The molecule has 132 valence electrons. The maximum atomic E-state index is 5.33. The van der Waals surface area contributed by atoms with Gasteiger partial charge >= 0.3 is 0 Å². The molecule has 2 rings (SSSR count). The third-order valence-electron chi connectivity index (χ3n) is 3.45. The number of aryl methyl sites for hydroxylation is 1. The number of aromatic nitrogens is 2. The van der Waals surface area contributed by atoms with Gasteiger partial charge in [0, 0.05) is 18.8 Å². The highest BCUT2D eigenvalue weighted by Gasteiger charge is 2.08. The minimum Gasteiger partial charge on any atom is -0.359 e. The molecule has 0 bridgehead atoms. The zero-order valence-electron chi connectivity index (χ0n) is 14.7. The average molecular weight is 443 g/mol. The number of halogens is 1. The van der Waals surface area contributed by atoms with E-state index in [1.165, 1.54) is 0 Å². The van der Waals surface area contributed by atoms with Crippen molar-refractivity contribution in [3.8, 4) is 0 Å². The fourth-order valence-electron chi connectivity index (χ4n) is 2.03. The van der Waals surface area contributed by atoms with Crippen LogP contribution in [0.5, 0.6) is 0 Å². The lowest BCUT2D eigenvalue weighted by molar-refractivity contribution is 0.372.